The second-order valence-electron chi connectivity index (χ2n) is 6.00. The molecule has 1 unspecified atom stereocenters. The first-order valence-electron chi connectivity index (χ1n) is 8.02. The molecule has 126 valence electrons. The van der Waals surface area contributed by atoms with Crippen LogP contribution in [0.4, 0.5) is 0 Å². The number of aromatic amines is 1. The van der Waals surface area contributed by atoms with Gasteiger partial charge < -0.3 is 9.88 Å². The summed E-state index contributed by atoms with van der Waals surface area (Å²) >= 11 is 5.94. The number of aromatic nitrogens is 1. The van der Waals surface area contributed by atoms with Crippen molar-refractivity contribution in [2.75, 3.05) is 26.2 Å². The van der Waals surface area contributed by atoms with Gasteiger partial charge in [-0.25, -0.2) is 0 Å². The number of rotatable bonds is 3. The zero-order chi connectivity index (χ0) is 17.1. The van der Waals surface area contributed by atoms with Crippen molar-refractivity contribution >= 4 is 17.5 Å². The number of nitrogens with zero attached hydrogens (tertiary/aromatic N) is 2. The number of carbonyl (C=O) groups is 1. The van der Waals surface area contributed by atoms with E-state index in [1.165, 1.54) is 17.8 Å². The maximum Gasteiger partial charge on any atom is 0.254 e. The van der Waals surface area contributed by atoms with E-state index >= 15 is 0 Å². The van der Waals surface area contributed by atoms with Crippen LogP contribution in [0.5, 0.6) is 0 Å². The standard InChI is InChI=1S/C18H20ClN3O2/c1-13(14-2-4-16(19)5-3-14)21-8-10-22(11-9-21)18(24)15-6-7-20-17(23)12-15/h2-7,12-13H,8-11H2,1H3,(H,20,23). The lowest BCUT2D eigenvalue weighted by Crippen LogP contribution is -2.49. The van der Waals surface area contributed by atoms with Crippen LogP contribution in [0, 0.1) is 0 Å². The number of nitrogens with one attached hydrogen (secondary N) is 1. The summed E-state index contributed by atoms with van der Waals surface area (Å²) in [6.45, 7) is 5.09. The van der Waals surface area contributed by atoms with E-state index in [0.29, 0.717) is 18.7 Å². The maximum atomic E-state index is 12.5. The van der Waals surface area contributed by atoms with Gasteiger partial charge in [-0.3, -0.25) is 14.5 Å². The fourth-order valence-electron chi connectivity index (χ4n) is 3.02. The van der Waals surface area contributed by atoms with E-state index < -0.39 is 0 Å². The number of amides is 1. The number of hydrogen-bond donors (Lipinski definition) is 1. The highest BCUT2D eigenvalue weighted by Gasteiger charge is 2.25. The molecule has 1 aliphatic heterocycles. The van der Waals surface area contributed by atoms with Crippen molar-refractivity contribution in [2.45, 2.75) is 13.0 Å². The fraction of sp³-hybridized carbons (Fsp3) is 0.333. The molecule has 1 aromatic heterocycles. The van der Waals surface area contributed by atoms with Crippen LogP contribution in [0.1, 0.15) is 28.9 Å². The molecule has 2 aromatic rings. The molecule has 1 amide bonds. The molecule has 0 bridgehead atoms. The molecule has 0 aliphatic carbocycles. The van der Waals surface area contributed by atoms with Crippen LogP contribution in [0.25, 0.3) is 0 Å². The predicted octanol–water partition coefficient (Wildman–Crippen LogP) is 2.55. The summed E-state index contributed by atoms with van der Waals surface area (Å²) in [5, 5.41) is 0.735. The zero-order valence-electron chi connectivity index (χ0n) is 13.5. The van der Waals surface area contributed by atoms with Crippen molar-refractivity contribution in [2.24, 2.45) is 0 Å². The summed E-state index contributed by atoms with van der Waals surface area (Å²) in [6, 6.07) is 11.2. The molecule has 0 radical (unpaired) electrons. The van der Waals surface area contributed by atoms with E-state index in [-0.39, 0.29) is 17.5 Å². The highest BCUT2D eigenvalue weighted by atomic mass is 35.5. The van der Waals surface area contributed by atoms with E-state index in [1.54, 1.807) is 11.0 Å². The third-order valence-electron chi connectivity index (χ3n) is 4.52. The molecular weight excluding hydrogens is 326 g/mol. The Morgan fingerprint density at radius 2 is 1.79 bits per heavy atom. The number of carbonyl (C=O) groups excluding carboxylic acids is 1. The molecular formula is C18H20ClN3O2. The summed E-state index contributed by atoms with van der Waals surface area (Å²) in [7, 11) is 0. The van der Waals surface area contributed by atoms with Gasteiger partial charge >= 0.3 is 0 Å². The monoisotopic (exact) mass is 345 g/mol. The first-order chi connectivity index (χ1) is 11.5. The summed E-state index contributed by atoms with van der Waals surface area (Å²) in [5.74, 6) is -0.0834. The summed E-state index contributed by atoms with van der Waals surface area (Å²) < 4.78 is 0. The Labute approximate surface area is 145 Å². The minimum atomic E-state index is -0.254. The number of pyridine rings is 1. The van der Waals surface area contributed by atoms with Gasteiger partial charge in [-0.1, -0.05) is 23.7 Å². The topological polar surface area (TPSA) is 56.4 Å². The normalized spacial score (nSPS) is 16.8. The predicted molar refractivity (Wildman–Crippen MR) is 94.4 cm³/mol. The second kappa shape index (κ2) is 7.20. The van der Waals surface area contributed by atoms with Gasteiger partial charge in [-0.15, -0.1) is 0 Å². The molecule has 2 heterocycles. The Morgan fingerprint density at radius 3 is 2.42 bits per heavy atom. The first-order valence-corrected chi connectivity index (χ1v) is 8.40. The molecule has 24 heavy (non-hydrogen) atoms. The molecule has 6 heteroatoms. The summed E-state index contributed by atoms with van der Waals surface area (Å²) in [4.78, 5) is 30.5. The molecule has 0 spiro atoms. The first kappa shape index (κ1) is 16.7. The van der Waals surface area contributed by atoms with Crippen LogP contribution in [0.2, 0.25) is 5.02 Å². The van der Waals surface area contributed by atoms with Gasteiger partial charge in [0.1, 0.15) is 0 Å². The molecule has 5 nitrogen and oxygen atoms in total. The molecule has 1 saturated heterocycles. The van der Waals surface area contributed by atoms with E-state index in [0.717, 1.165) is 18.1 Å². The molecule has 1 atom stereocenters. The SMILES string of the molecule is CC(c1ccc(Cl)cc1)N1CCN(C(=O)c2cc[nH]c(=O)c2)CC1. The number of piperazine rings is 1. The van der Waals surface area contributed by atoms with Crippen LogP contribution in [0.15, 0.2) is 47.4 Å². The van der Waals surface area contributed by atoms with Crippen molar-refractivity contribution in [3.8, 4) is 0 Å². The van der Waals surface area contributed by atoms with Crippen molar-refractivity contribution in [1.29, 1.82) is 0 Å². The quantitative estimate of drug-likeness (QED) is 0.930. The van der Waals surface area contributed by atoms with E-state index in [4.69, 9.17) is 11.6 Å². The molecule has 1 aliphatic rings. The van der Waals surface area contributed by atoms with Crippen molar-refractivity contribution in [3.63, 3.8) is 0 Å². The third-order valence-corrected chi connectivity index (χ3v) is 4.78. The van der Waals surface area contributed by atoms with E-state index in [9.17, 15) is 9.59 Å². The van der Waals surface area contributed by atoms with Crippen molar-refractivity contribution < 1.29 is 4.79 Å². The van der Waals surface area contributed by atoms with Gasteiger partial charge in [0.15, 0.2) is 0 Å². The van der Waals surface area contributed by atoms with Gasteiger partial charge in [-0.05, 0) is 30.7 Å². The third kappa shape index (κ3) is 3.68. The number of halogens is 1. The lowest BCUT2D eigenvalue weighted by Gasteiger charge is -2.38. The Bertz CT molecular complexity index is 764. The summed E-state index contributed by atoms with van der Waals surface area (Å²) in [5.41, 5.74) is 1.41. The molecule has 1 aromatic carbocycles. The largest absolute Gasteiger partial charge is 0.336 e. The molecule has 3 rings (SSSR count). The van der Waals surface area contributed by atoms with E-state index in [2.05, 4.69) is 16.8 Å². The van der Waals surface area contributed by atoms with Gasteiger partial charge in [0.05, 0.1) is 0 Å². The van der Waals surface area contributed by atoms with Crippen LogP contribution in [-0.4, -0.2) is 46.9 Å². The molecule has 1 fully saturated rings. The van der Waals surface area contributed by atoms with Crippen molar-refractivity contribution in [1.82, 2.24) is 14.8 Å². The summed E-state index contributed by atoms with van der Waals surface area (Å²) in [6.07, 6.45) is 1.51. The molecule has 0 saturated carbocycles. The van der Waals surface area contributed by atoms with Gasteiger partial charge in [0, 0.05) is 55.1 Å². The lowest BCUT2D eigenvalue weighted by molar-refractivity contribution is 0.0582. The zero-order valence-corrected chi connectivity index (χ0v) is 14.3. The van der Waals surface area contributed by atoms with Crippen LogP contribution in [0.3, 0.4) is 0 Å². The van der Waals surface area contributed by atoms with Crippen LogP contribution < -0.4 is 5.56 Å². The highest BCUT2D eigenvalue weighted by Crippen LogP contribution is 2.23. The highest BCUT2D eigenvalue weighted by molar-refractivity contribution is 6.30. The lowest BCUT2D eigenvalue weighted by atomic mass is 10.1. The van der Waals surface area contributed by atoms with Gasteiger partial charge in [0.25, 0.3) is 5.91 Å². The number of hydrogen-bond acceptors (Lipinski definition) is 3. The number of H-pyrrole nitrogens is 1. The van der Waals surface area contributed by atoms with Gasteiger partial charge in [0.2, 0.25) is 5.56 Å². The average molecular weight is 346 g/mol. The average Bonchev–Trinajstić information content (AvgIpc) is 2.61. The number of benzene rings is 1. The van der Waals surface area contributed by atoms with E-state index in [1.807, 2.05) is 24.3 Å². The van der Waals surface area contributed by atoms with Crippen LogP contribution in [-0.2, 0) is 0 Å². The maximum absolute atomic E-state index is 12.5. The minimum Gasteiger partial charge on any atom is -0.336 e. The fourth-order valence-corrected chi connectivity index (χ4v) is 3.15. The minimum absolute atomic E-state index is 0.0834. The molecule has 1 N–H and O–H groups in total. The Morgan fingerprint density at radius 1 is 1.12 bits per heavy atom. The Kier molecular flexibility index (Phi) is 5.02. The Hall–Kier alpha value is -2.11. The Balaban J connectivity index is 1.62. The van der Waals surface area contributed by atoms with Gasteiger partial charge in [-0.2, -0.15) is 0 Å². The van der Waals surface area contributed by atoms with Crippen LogP contribution >= 0.6 is 11.6 Å². The second-order valence-corrected chi connectivity index (χ2v) is 6.43. The smallest absolute Gasteiger partial charge is 0.254 e. The van der Waals surface area contributed by atoms with Crippen molar-refractivity contribution in [3.05, 3.63) is 69.1 Å².